The molecule has 1 unspecified atom stereocenters. The van der Waals surface area contributed by atoms with Gasteiger partial charge in [-0.05, 0) is 18.2 Å². The molecular weight excluding hydrogens is 367 g/mol. The SMILES string of the molecule is NC(=O)C(N=C(c1ccccc1)c1ccccc1)C1=CCN2C=C(F)C=CC2=N1. The molecule has 0 saturated heterocycles. The van der Waals surface area contributed by atoms with E-state index in [1.54, 1.807) is 17.1 Å². The molecule has 4 rings (SSSR count). The average Bonchev–Trinajstić information content (AvgIpc) is 2.75. The Bertz CT molecular complexity index is 1030. The van der Waals surface area contributed by atoms with Crippen LogP contribution < -0.4 is 5.73 Å². The van der Waals surface area contributed by atoms with Crippen LogP contribution in [0.5, 0.6) is 0 Å². The molecule has 0 spiro atoms. The zero-order valence-corrected chi connectivity index (χ0v) is 15.6. The van der Waals surface area contributed by atoms with Crippen molar-refractivity contribution in [1.82, 2.24) is 4.90 Å². The number of amidine groups is 1. The van der Waals surface area contributed by atoms with Crippen molar-refractivity contribution in [2.24, 2.45) is 15.7 Å². The maximum atomic E-state index is 13.4. The van der Waals surface area contributed by atoms with Crippen molar-refractivity contribution in [1.29, 1.82) is 0 Å². The Balaban J connectivity index is 1.76. The second-order valence-electron chi connectivity index (χ2n) is 6.61. The number of primary amides is 1. The van der Waals surface area contributed by atoms with Gasteiger partial charge in [-0.1, -0.05) is 60.7 Å². The summed E-state index contributed by atoms with van der Waals surface area (Å²) in [6, 6.07) is 18.3. The lowest BCUT2D eigenvalue weighted by molar-refractivity contribution is -0.118. The van der Waals surface area contributed by atoms with Gasteiger partial charge in [0.05, 0.1) is 11.4 Å². The summed E-state index contributed by atoms with van der Waals surface area (Å²) in [5.74, 6) is -0.396. The molecular formula is C23H19FN4O. The first-order valence-electron chi connectivity index (χ1n) is 9.20. The van der Waals surface area contributed by atoms with Crippen LogP contribution in [0.25, 0.3) is 0 Å². The topological polar surface area (TPSA) is 71.1 Å². The van der Waals surface area contributed by atoms with E-state index in [4.69, 9.17) is 10.7 Å². The molecule has 2 aliphatic heterocycles. The Morgan fingerprint density at radius 1 is 1.03 bits per heavy atom. The van der Waals surface area contributed by atoms with Gasteiger partial charge in [-0.2, -0.15) is 0 Å². The van der Waals surface area contributed by atoms with E-state index < -0.39 is 11.9 Å². The van der Waals surface area contributed by atoms with Crippen molar-refractivity contribution < 1.29 is 9.18 Å². The molecule has 1 amide bonds. The molecule has 2 aliphatic rings. The third-order valence-electron chi connectivity index (χ3n) is 4.61. The van der Waals surface area contributed by atoms with Crippen LogP contribution in [0.15, 0.2) is 107 Å². The summed E-state index contributed by atoms with van der Waals surface area (Å²) < 4.78 is 13.4. The fourth-order valence-electron chi connectivity index (χ4n) is 3.21. The molecule has 2 aromatic carbocycles. The number of rotatable bonds is 5. The van der Waals surface area contributed by atoms with Gasteiger partial charge >= 0.3 is 0 Å². The first-order valence-corrected chi connectivity index (χ1v) is 9.20. The van der Waals surface area contributed by atoms with Crippen LogP contribution in [0.3, 0.4) is 0 Å². The number of allylic oxidation sites excluding steroid dienone is 2. The Morgan fingerprint density at radius 2 is 1.66 bits per heavy atom. The minimum Gasteiger partial charge on any atom is -0.367 e. The number of carbonyl (C=O) groups excluding carboxylic acids is 1. The number of carbonyl (C=O) groups is 1. The van der Waals surface area contributed by atoms with E-state index in [1.165, 1.54) is 12.3 Å². The summed E-state index contributed by atoms with van der Waals surface area (Å²) in [6.45, 7) is 0.386. The van der Waals surface area contributed by atoms with Crippen molar-refractivity contribution in [3.63, 3.8) is 0 Å². The highest BCUT2D eigenvalue weighted by molar-refractivity contribution is 6.13. The van der Waals surface area contributed by atoms with E-state index >= 15 is 0 Å². The van der Waals surface area contributed by atoms with Crippen LogP contribution in [0.1, 0.15) is 11.1 Å². The molecule has 5 nitrogen and oxygen atoms in total. The molecule has 6 heteroatoms. The molecule has 0 saturated carbocycles. The minimum absolute atomic E-state index is 0.347. The van der Waals surface area contributed by atoms with Gasteiger partial charge in [-0.15, -0.1) is 0 Å². The van der Waals surface area contributed by atoms with Crippen molar-refractivity contribution >= 4 is 17.5 Å². The van der Waals surface area contributed by atoms with Gasteiger partial charge in [0.2, 0.25) is 5.91 Å². The van der Waals surface area contributed by atoms with Gasteiger partial charge in [0.1, 0.15) is 11.7 Å². The van der Waals surface area contributed by atoms with Crippen LogP contribution >= 0.6 is 0 Å². The van der Waals surface area contributed by atoms with Crippen LogP contribution in [-0.4, -0.2) is 34.9 Å². The van der Waals surface area contributed by atoms with Crippen LogP contribution in [0.2, 0.25) is 0 Å². The second kappa shape index (κ2) is 8.06. The number of aliphatic imine (C=N–C) groups is 2. The maximum absolute atomic E-state index is 13.4. The van der Waals surface area contributed by atoms with E-state index in [0.29, 0.717) is 23.8 Å². The molecule has 0 aliphatic carbocycles. The molecule has 0 fully saturated rings. The lowest BCUT2D eigenvalue weighted by Crippen LogP contribution is -2.35. The highest BCUT2D eigenvalue weighted by atomic mass is 19.1. The maximum Gasteiger partial charge on any atom is 0.248 e. The quantitative estimate of drug-likeness (QED) is 0.801. The predicted molar refractivity (Wildman–Crippen MR) is 112 cm³/mol. The summed E-state index contributed by atoms with van der Waals surface area (Å²) in [5, 5.41) is 0. The third kappa shape index (κ3) is 4.06. The number of nitrogens with two attached hydrogens (primary N) is 1. The van der Waals surface area contributed by atoms with Crippen LogP contribution in [-0.2, 0) is 4.79 Å². The zero-order valence-electron chi connectivity index (χ0n) is 15.6. The highest BCUT2D eigenvalue weighted by Gasteiger charge is 2.25. The summed E-state index contributed by atoms with van der Waals surface area (Å²) in [6.07, 6.45) is 6.02. The Hall–Kier alpha value is -3.80. The Morgan fingerprint density at radius 3 is 2.24 bits per heavy atom. The Labute approximate surface area is 168 Å². The van der Waals surface area contributed by atoms with Crippen molar-refractivity contribution in [3.05, 3.63) is 108 Å². The lowest BCUT2D eigenvalue weighted by Gasteiger charge is -2.26. The van der Waals surface area contributed by atoms with E-state index in [9.17, 15) is 9.18 Å². The van der Waals surface area contributed by atoms with Crippen LogP contribution in [0, 0.1) is 0 Å². The molecule has 1 atom stereocenters. The number of fused-ring (bicyclic) bond motifs is 1. The average molecular weight is 386 g/mol. The van der Waals surface area contributed by atoms with Gasteiger partial charge in [-0.3, -0.25) is 9.79 Å². The van der Waals surface area contributed by atoms with E-state index in [1.807, 2.05) is 60.7 Å². The molecule has 29 heavy (non-hydrogen) atoms. The molecule has 144 valence electrons. The monoisotopic (exact) mass is 386 g/mol. The number of nitrogens with zero attached hydrogens (tertiary/aromatic N) is 3. The van der Waals surface area contributed by atoms with E-state index in [2.05, 4.69) is 4.99 Å². The highest BCUT2D eigenvalue weighted by Crippen LogP contribution is 2.21. The summed E-state index contributed by atoms with van der Waals surface area (Å²) in [7, 11) is 0. The summed E-state index contributed by atoms with van der Waals surface area (Å²) in [4.78, 5) is 23.2. The van der Waals surface area contributed by atoms with E-state index in [-0.39, 0.29) is 5.83 Å². The van der Waals surface area contributed by atoms with Gasteiger partial charge in [0, 0.05) is 23.9 Å². The van der Waals surface area contributed by atoms with Crippen molar-refractivity contribution in [3.8, 4) is 0 Å². The Kier molecular flexibility index (Phi) is 5.16. The summed E-state index contributed by atoms with van der Waals surface area (Å²) in [5.41, 5.74) is 8.56. The largest absolute Gasteiger partial charge is 0.367 e. The number of amides is 1. The standard InChI is InChI=1S/C23H19FN4O/c24-18-11-12-20-26-19(13-14-28(20)15-18)22(23(25)29)27-21(16-7-3-1-4-8-16)17-9-5-2-6-10-17/h1-13,15,22H,14H2,(H2,25,29). The molecule has 2 aromatic rings. The van der Waals surface area contributed by atoms with Gasteiger partial charge < -0.3 is 10.6 Å². The normalized spacial score (nSPS) is 16.2. The fourth-order valence-corrected chi connectivity index (χ4v) is 3.21. The predicted octanol–water partition coefficient (Wildman–Crippen LogP) is 3.36. The smallest absolute Gasteiger partial charge is 0.248 e. The van der Waals surface area contributed by atoms with Gasteiger partial charge in [0.25, 0.3) is 0 Å². The van der Waals surface area contributed by atoms with Crippen molar-refractivity contribution in [2.45, 2.75) is 6.04 Å². The van der Waals surface area contributed by atoms with Crippen LogP contribution in [0.4, 0.5) is 4.39 Å². The summed E-state index contributed by atoms with van der Waals surface area (Å²) >= 11 is 0. The first-order chi connectivity index (χ1) is 14.1. The number of hydrogen-bond donors (Lipinski definition) is 1. The van der Waals surface area contributed by atoms with Crippen molar-refractivity contribution in [2.75, 3.05) is 6.54 Å². The molecule has 0 bridgehead atoms. The number of halogens is 1. The molecule has 0 radical (unpaired) electrons. The molecule has 2 heterocycles. The van der Waals surface area contributed by atoms with Gasteiger partial charge in [-0.25, -0.2) is 9.38 Å². The number of benzene rings is 2. The zero-order chi connectivity index (χ0) is 20.2. The first kappa shape index (κ1) is 18.6. The van der Waals surface area contributed by atoms with Gasteiger partial charge in [0.15, 0.2) is 6.04 Å². The fraction of sp³-hybridized carbons (Fsp3) is 0.0870. The lowest BCUT2D eigenvalue weighted by atomic mass is 10.0. The molecule has 2 N–H and O–H groups in total. The third-order valence-corrected chi connectivity index (χ3v) is 4.61. The number of hydrogen-bond acceptors (Lipinski definition) is 4. The van der Waals surface area contributed by atoms with E-state index in [0.717, 1.165) is 11.1 Å². The minimum atomic E-state index is -0.954. The molecule has 0 aromatic heterocycles. The second-order valence-corrected chi connectivity index (χ2v) is 6.61.